The maximum atomic E-state index is 10.4. The molecule has 0 aromatic heterocycles. The molecule has 0 aliphatic carbocycles. The molecule has 28 heavy (non-hydrogen) atoms. The van der Waals surface area contributed by atoms with E-state index < -0.39 is 6.10 Å². The van der Waals surface area contributed by atoms with Crippen LogP contribution in [0.15, 0.2) is 54.6 Å². The number of piperazine rings is 1. The summed E-state index contributed by atoms with van der Waals surface area (Å²) in [5, 5.41) is 10.4. The van der Waals surface area contributed by atoms with Crippen LogP contribution in [0.1, 0.15) is 25.3 Å². The topological polar surface area (TPSA) is 35.9 Å². The molecule has 6 heteroatoms. The third kappa shape index (κ3) is 6.85. The van der Waals surface area contributed by atoms with Crippen LogP contribution in [0.25, 0.3) is 0 Å². The molecule has 1 N–H and O–H groups in total. The van der Waals surface area contributed by atoms with E-state index in [2.05, 4.69) is 54.0 Å². The van der Waals surface area contributed by atoms with Crippen molar-refractivity contribution in [1.29, 1.82) is 0 Å². The molecule has 156 valence electrons. The Kier molecular flexibility index (Phi) is 10.7. The van der Waals surface area contributed by atoms with E-state index in [0.717, 1.165) is 31.9 Å². The first-order valence-corrected chi connectivity index (χ1v) is 9.55. The van der Waals surface area contributed by atoms with Crippen LogP contribution in [0.2, 0.25) is 0 Å². The van der Waals surface area contributed by atoms with E-state index >= 15 is 0 Å². The second kappa shape index (κ2) is 12.2. The minimum Gasteiger partial charge on any atom is -0.491 e. The second-order valence-corrected chi connectivity index (χ2v) is 7.28. The monoisotopic (exact) mass is 426 g/mol. The van der Waals surface area contributed by atoms with Crippen molar-refractivity contribution in [2.24, 2.45) is 0 Å². The van der Waals surface area contributed by atoms with Crippen LogP contribution in [0, 0.1) is 0 Å². The summed E-state index contributed by atoms with van der Waals surface area (Å²) in [7, 11) is 0. The molecule has 0 radical (unpaired) electrons. The summed E-state index contributed by atoms with van der Waals surface area (Å²) in [6.07, 6.45) is -0.474. The van der Waals surface area contributed by atoms with Gasteiger partial charge in [0, 0.05) is 38.4 Å². The maximum Gasteiger partial charge on any atom is 0.122 e. The fourth-order valence-corrected chi connectivity index (χ4v) is 3.45. The molecule has 1 saturated heterocycles. The largest absolute Gasteiger partial charge is 0.491 e. The zero-order chi connectivity index (χ0) is 18.4. The minimum absolute atomic E-state index is 0. The van der Waals surface area contributed by atoms with Crippen LogP contribution in [-0.2, 0) is 0 Å². The Morgan fingerprint density at radius 3 is 2.14 bits per heavy atom. The van der Waals surface area contributed by atoms with E-state index in [9.17, 15) is 5.11 Å². The average Bonchev–Trinajstić information content (AvgIpc) is 2.68. The summed E-state index contributed by atoms with van der Waals surface area (Å²) >= 11 is 0. The van der Waals surface area contributed by atoms with E-state index in [1.54, 1.807) is 0 Å². The van der Waals surface area contributed by atoms with Crippen LogP contribution in [0.4, 0.5) is 5.69 Å². The van der Waals surface area contributed by atoms with Gasteiger partial charge in [-0.3, -0.25) is 4.90 Å². The van der Waals surface area contributed by atoms with Gasteiger partial charge in [0.2, 0.25) is 0 Å². The summed E-state index contributed by atoms with van der Waals surface area (Å²) < 4.78 is 5.91. The molecule has 1 fully saturated rings. The van der Waals surface area contributed by atoms with E-state index in [1.165, 1.54) is 11.3 Å². The number of anilines is 1. The van der Waals surface area contributed by atoms with Crippen molar-refractivity contribution < 1.29 is 9.84 Å². The molecule has 0 spiro atoms. The van der Waals surface area contributed by atoms with Gasteiger partial charge >= 0.3 is 0 Å². The van der Waals surface area contributed by atoms with Gasteiger partial charge in [-0.2, -0.15) is 0 Å². The van der Waals surface area contributed by atoms with Gasteiger partial charge in [-0.15, -0.1) is 24.8 Å². The molecule has 4 nitrogen and oxygen atoms in total. The molecule has 0 amide bonds. The molecule has 1 aliphatic heterocycles. The fraction of sp³-hybridized carbons (Fsp3) is 0.455. The van der Waals surface area contributed by atoms with E-state index in [1.807, 2.05) is 24.3 Å². The van der Waals surface area contributed by atoms with Gasteiger partial charge in [-0.05, 0) is 29.7 Å². The molecule has 2 aromatic rings. The highest BCUT2D eigenvalue weighted by Crippen LogP contribution is 2.26. The molecule has 1 heterocycles. The smallest absolute Gasteiger partial charge is 0.122 e. The molecular weight excluding hydrogens is 395 g/mol. The number of halogens is 2. The summed E-state index contributed by atoms with van der Waals surface area (Å²) in [6, 6.07) is 18.6. The van der Waals surface area contributed by atoms with Gasteiger partial charge in [0.15, 0.2) is 0 Å². The van der Waals surface area contributed by atoms with Crippen molar-refractivity contribution in [3.63, 3.8) is 0 Å². The van der Waals surface area contributed by atoms with E-state index in [4.69, 9.17) is 4.74 Å². The predicted molar refractivity (Wildman–Crippen MR) is 122 cm³/mol. The lowest BCUT2D eigenvalue weighted by atomic mass is 10.0. The average molecular weight is 427 g/mol. The molecule has 0 bridgehead atoms. The van der Waals surface area contributed by atoms with E-state index in [-0.39, 0.29) is 24.8 Å². The zero-order valence-corrected chi connectivity index (χ0v) is 18.3. The third-order valence-electron chi connectivity index (χ3n) is 4.93. The third-order valence-corrected chi connectivity index (χ3v) is 4.93. The minimum atomic E-state index is -0.474. The SMILES string of the molecule is CC(C)c1ccccc1OCC(O)CN1CCN(c2ccccc2)CC1.Cl.Cl. The number of aliphatic hydroxyl groups excluding tert-OH is 1. The standard InChI is InChI=1S/C22H30N2O2.2ClH/c1-18(2)21-10-6-7-11-22(21)26-17-20(25)16-23-12-14-24(15-13-23)19-8-4-3-5-9-19;;/h3-11,18,20,25H,12-17H2,1-2H3;2*1H. The van der Waals surface area contributed by atoms with E-state index in [0.29, 0.717) is 19.1 Å². The van der Waals surface area contributed by atoms with Gasteiger partial charge < -0.3 is 14.7 Å². The lowest BCUT2D eigenvalue weighted by molar-refractivity contribution is 0.0659. The number of ether oxygens (including phenoxy) is 1. The number of β-amino-alcohol motifs (C(OH)–C–C–N with tert-alkyl or cyclic N) is 1. The summed E-state index contributed by atoms with van der Waals surface area (Å²) in [6.45, 7) is 9.23. The molecule has 1 atom stereocenters. The van der Waals surface area contributed by atoms with Crippen molar-refractivity contribution in [3.8, 4) is 5.75 Å². The van der Waals surface area contributed by atoms with Crippen molar-refractivity contribution >= 4 is 30.5 Å². The number of nitrogens with zero attached hydrogens (tertiary/aromatic N) is 2. The molecule has 0 saturated carbocycles. The van der Waals surface area contributed by atoms with Crippen molar-refractivity contribution in [2.45, 2.75) is 25.9 Å². The molecule has 1 aliphatic rings. The molecular formula is C22H32Cl2N2O2. The zero-order valence-electron chi connectivity index (χ0n) is 16.7. The van der Waals surface area contributed by atoms with Crippen molar-refractivity contribution in [3.05, 3.63) is 60.2 Å². The lowest BCUT2D eigenvalue weighted by Gasteiger charge is -2.36. The van der Waals surface area contributed by atoms with Crippen LogP contribution >= 0.6 is 24.8 Å². The second-order valence-electron chi connectivity index (χ2n) is 7.28. The van der Waals surface area contributed by atoms with Crippen molar-refractivity contribution in [1.82, 2.24) is 4.90 Å². The number of hydrogen-bond acceptors (Lipinski definition) is 4. The van der Waals surface area contributed by atoms with Gasteiger partial charge in [-0.25, -0.2) is 0 Å². The van der Waals surface area contributed by atoms with Crippen LogP contribution in [0.5, 0.6) is 5.75 Å². The highest BCUT2D eigenvalue weighted by molar-refractivity contribution is 5.85. The summed E-state index contributed by atoms with van der Waals surface area (Å²) in [5.41, 5.74) is 2.47. The Hall–Kier alpha value is -1.46. The highest BCUT2D eigenvalue weighted by atomic mass is 35.5. The van der Waals surface area contributed by atoms with Crippen LogP contribution < -0.4 is 9.64 Å². The van der Waals surface area contributed by atoms with Gasteiger partial charge in [-0.1, -0.05) is 50.2 Å². The predicted octanol–water partition coefficient (Wildman–Crippen LogP) is 4.22. The molecule has 1 unspecified atom stereocenters. The number of rotatable bonds is 7. The number of aliphatic hydroxyl groups is 1. The Balaban J connectivity index is 0.00000196. The Bertz CT molecular complexity index is 677. The van der Waals surface area contributed by atoms with Crippen molar-refractivity contribution in [2.75, 3.05) is 44.2 Å². The molecule has 3 rings (SSSR count). The normalized spacial score (nSPS) is 15.5. The highest BCUT2D eigenvalue weighted by Gasteiger charge is 2.20. The van der Waals surface area contributed by atoms with Crippen LogP contribution in [0.3, 0.4) is 0 Å². The summed E-state index contributed by atoms with van der Waals surface area (Å²) in [4.78, 5) is 4.72. The lowest BCUT2D eigenvalue weighted by Crippen LogP contribution is -2.49. The number of benzene rings is 2. The first-order valence-electron chi connectivity index (χ1n) is 9.55. The summed E-state index contributed by atoms with van der Waals surface area (Å²) in [5.74, 6) is 1.30. The van der Waals surface area contributed by atoms with Gasteiger partial charge in [0.25, 0.3) is 0 Å². The molecule has 2 aromatic carbocycles. The van der Waals surface area contributed by atoms with Gasteiger partial charge in [0.05, 0.1) is 0 Å². The first-order chi connectivity index (χ1) is 12.6. The van der Waals surface area contributed by atoms with Gasteiger partial charge in [0.1, 0.15) is 18.5 Å². The Morgan fingerprint density at radius 2 is 1.50 bits per heavy atom. The quantitative estimate of drug-likeness (QED) is 0.718. The Labute approximate surface area is 181 Å². The van der Waals surface area contributed by atoms with Crippen LogP contribution in [-0.4, -0.2) is 55.4 Å². The first kappa shape index (κ1) is 24.6. The fourth-order valence-electron chi connectivity index (χ4n) is 3.45. The Morgan fingerprint density at radius 1 is 0.893 bits per heavy atom. The number of hydrogen-bond donors (Lipinski definition) is 1. The number of para-hydroxylation sites is 2. The maximum absolute atomic E-state index is 10.4.